The second-order valence-electron chi connectivity index (χ2n) is 7.32. The van der Waals surface area contributed by atoms with Crippen molar-refractivity contribution in [2.45, 2.75) is 13.5 Å². The van der Waals surface area contributed by atoms with Crippen LogP contribution in [0.5, 0.6) is 11.5 Å². The van der Waals surface area contributed by atoms with E-state index in [0.717, 1.165) is 11.3 Å². The molecule has 3 aromatic carbocycles. The van der Waals surface area contributed by atoms with Crippen LogP contribution in [-0.4, -0.2) is 39.2 Å². The summed E-state index contributed by atoms with van der Waals surface area (Å²) >= 11 is 0. The van der Waals surface area contributed by atoms with Crippen molar-refractivity contribution in [1.82, 2.24) is 0 Å². The van der Waals surface area contributed by atoms with Crippen LogP contribution < -0.4 is 14.8 Å². The molecule has 3 aromatic rings. The van der Waals surface area contributed by atoms with Gasteiger partial charge in [-0.1, -0.05) is 18.2 Å². The molecule has 1 N–H and O–H groups in total. The number of hydrogen-bond acceptors (Lipinski definition) is 7. The van der Waals surface area contributed by atoms with Crippen molar-refractivity contribution >= 4 is 23.5 Å². The molecular weight excluding hydrogens is 438 g/mol. The third-order valence-corrected chi connectivity index (χ3v) is 5.05. The van der Waals surface area contributed by atoms with E-state index in [-0.39, 0.29) is 23.4 Å². The molecule has 0 fully saturated rings. The van der Waals surface area contributed by atoms with Crippen LogP contribution in [0.1, 0.15) is 42.2 Å². The van der Waals surface area contributed by atoms with E-state index in [0.29, 0.717) is 16.9 Å². The topological polar surface area (TPSA) is 100 Å². The Balaban J connectivity index is 1.85. The molecule has 0 aliphatic heterocycles. The van der Waals surface area contributed by atoms with E-state index in [1.54, 1.807) is 25.3 Å². The lowest BCUT2D eigenvalue weighted by molar-refractivity contribution is 0.0599. The zero-order valence-electron chi connectivity index (χ0n) is 19.3. The number of rotatable bonds is 8. The van der Waals surface area contributed by atoms with Crippen molar-refractivity contribution < 1.29 is 33.3 Å². The Morgan fingerprint density at radius 2 is 1.41 bits per heavy atom. The summed E-state index contributed by atoms with van der Waals surface area (Å²) in [5, 5.41) is 2.71. The molecule has 0 saturated heterocycles. The van der Waals surface area contributed by atoms with Crippen LogP contribution in [-0.2, 0) is 16.1 Å². The Bertz CT molecular complexity index is 1190. The van der Waals surface area contributed by atoms with Gasteiger partial charge in [-0.2, -0.15) is 0 Å². The molecule has 0 aliphatic carbocycles. The lowest BCUT2D eigenvalue weighted by Gasteiger charge is -2.14. The van der Waals surface area contributed by atoms with E-state index in [9.17, 15) is 14.4 Å². The molecule has 3 rings (SSSR count). The number of benzene rings is 3. The van der Waals surface area contributed by atoms with E-state index in [4.69, 9.17) is 18.9 Å². The zero-order chi connectivity index (χ0) is 24.7. The van der Waals surface area contributed by atoms with Crippen molar-refractivity contribution in [2.24, 2.45) is 0 Å². The highest BCUT2D eigenvalue weighted by Gasteiger charge is 2.17. The molecule has 176 valence electrons. The minimum absolute atomic E-state index is 0.0998. The second-order valence-corrected chi connectivity index (χ2v) is 7.32. The van der Waals surface area contributed by atoms with Crippen molar-refractivity contribution in [3.8, 4) is 11.5 Å². The van der Waals surface area contributed by atoms with E-state index >= 15 is 0 Å². The molecule has 0 spiro atoms. The van der Waals surface area contributed by atoms with Gasteiger partial charge in [-0.25, -0.2) is 9.59 Å². The summed E-state index contributed by atoms with van der Waals surface area (Å²) in [7, 11) is 3.99. The van der Waals surface area contributed by atoms with Gasteiger partial charge in [0.05, 0.1) is 32.5 Å². The summed E-state index contributed by atoms with van der Waals surface area (Å²) < 4.78 is 20.8. The fraction of sp³-hybridized carbons (Fsp3) is 0.192. The average Bonchev–Trinajstić information content (AvgIpc) is 2.86. The largest absolute Gasteiger partial charge is 0.496 e. The van der Waals surface area contributed by atoms with Crippen molar-refractivity contribution in [2.75, 3.05) is 26.6 Å². The zero-order valence-corrected chi connectivity index (χ0v) is 19.3. The first-order valence-corrected chi connectivity index (χ1v) is 10.3. The van der Waals surface area contributed by atoms with Crippen LogP contribution in [0.3, 0.4) is 0 Å². The number of amides is 1. The summed E-state index contributed by atoms with van der Waals surface area (Å²) in [6.07, 6.45) is 0. The van der Waals surface area contributed by atoms with Gasteiger partial charge in [-0.15, -0.1) is 0 Å². The minimum Gasteiger partial charge on any atom is -0.496 e. The number of para-hydroxylation sites is 1. The molecular formula is C26H25NO7. The molecule has 0 atom stereocenters. The van der Waals surface area contributed by atoms with Crippen molar-refractivity contribution in [3.63, 3.8) is 0 Å². The molecule has 0 aromatic heterocycles. The third-order valence-electron chi connectivity index (χ3n) is 5.05. The number of aryl methyl sites for hydroxylation is 1. The maximum absolute atomic E-state index is 13.0. The Hall–Kier alpha value is -4.33. The Morgan fingerprint density at radius 1 is 0.765 bits per heavy atom. The first kappa shape index (κ1) is 24.3. The van der Waals surface area contributed by atoms with E-state index in [1.807, 2.05) is 31.2 Å². The number of methoxy groups -OCH3 is 3. The van der Waals surface area contributed by atoms with Gasteiger partial charge in [0.2, 0.25) is 0 Å². The lowest BCUT2D eigenvalue weighted by Crippen LogP contribution is -2.15. The van der Waals surface area contributed by atoms with Gasteiger partial charge in [0.1, 0.15) is 18.1 Å². The first-order valence-electron chi connectivity index (χ1n) is 10.3. The number of nitrogens with one attached hydrogen (secondary N) is 1. The highest BCUT2D eigenvalue weighted by molar-refractivity contribution is 6.06. The summed E-state index contributed by atoms with van der Waals surface area (Å²) in [4.78, 5) is 37.0. The number of hydrogen-bond donors (Lipinski definition) is 1. The minimum atomic E-state index is -0.652. The fourth-order valence-electron chi connectivity index (χ4n) is 3.28. The first-order chi connectivity index (χ1) is 16.4. The number of anilines is 1. The highest BCUT2D eigenvalue weighted by Crippen LogP contribution is 2.25. The molecule has 0 aliphatic rings. The van der Waals surface area contributed by atoms with Gasteiger partial charge >= 0.3 is 11.9 Å². The van der Waals surface area contributed by atoms with Gasteiger partial charge in [0.15, 0.2) is 0 Å². The van der Waals surface area contributed by atoms with Crippen LogP contribution in [0.25, 0.3) is 0 Å². The molecule has 8 heteroatoms. The summed E-state index contributed by atoms with van der Waals surface area (Å²) in [6.45, 7) is 2.14. The second kappa shape index (κ2) is 11.0. The van der Waals surface area contributed by atoms with Gasteiger partial charge in [-0.05, 0) is 55.0 Å². The molecule has 0 saturated carbocycles. The van der Waals surface area contributed by atoms with Crippen LogP contribution in [0.2, 0.25) is 0 Å². The molecule has 8 nitrogen and oxygen atoms in total. The Labute approximate surface area is 197 Å². The SMILES string of the molecule is COC(=O)c1cc(NC(=O)c2ccc(OC)c(COc3ccccc3C)c2)cc(C(=O)OC)c1. The lowest BCUT2D eigenvalue weighted by atomic mass is 10.1. The fourth-order valence-corrected chi connectivity index (χ4v) is 3.28. The maximum atomic E-state index is 13.0. The van der Waals surface area contributed by atoms with E-state index < -0.39 is 17.8 Å². The predicted molar refractivity (Wildman–Crippen MR) is 126 cm³/mol. The molecule has 34 heavy (non-hydrogen) atoms. The normalized spacial score (nSPS) is 10.2. The van der Waals surface area contributed by atoms with E-state index in [1.165, 1.54) is 32.4 Å². The number of carbonyl (C=O) groups is 3. The Kier molecular flexibility index (Phi) is 7.87. The number of esters is 2. The number of carbonyl (C=O) groups excluding carboxylic acids is 3. The van der Waals surface area contributed by atoms with E-state index in [2.05, 4.69) is 5.32 Å². The van der Waals surface area contributed by atoms with Crippen LogP contribution in [0, 0.1) is 6.92 Å². The summed E-state index contributed by atoms with van der Waals surface area (Å²) in [5.74, 6) is -0.444. The Morgan fingerprint density at radius 3 is 2.00 bits per heavy atom. The smallest absolute Gasteiger partial charge is 0.337 e. The third kappa shape index (κ3) is 5.72. The van der Waals surface area contributed by atoms with Crippen LogP contribution >= 0.6 is 0 Å². The quantitative estimate of drug-likeness (QED) is 0.494. The van der Waals surface area contributed by atoms with Gasteiger partial charge < -0.3 is 24.3 Å². The monoisotopic (exact) mass is 463 g/mol. The summed E-state index contributed by atoms with van der Waals surface area (Å²) in [5.41, 5.74) is 2.44. The highest BCUT2D eigenvalue weighted by atomic mass is 16.5. The van der Waals surface area contributed by atoms with Crippen molar-refractivity contribution in [1.29, 1.82) is 0 Å². The molecule has 0 bridgehead atoms. The summed E-state index contributed by atoms with van der Waals surface area (Å²) in [6, 6.07) is 16.7. The maximum Gasteiger partial charge on any atom is 0.337 e. The predicted octanol–water partition coefficient (Wildman–Crippen LogP) is 4.41. The molecule has 0 unspecified atom stereocenters. The van der Waals surface area contributed by atoms with Crippen LogP contribution in [0.4, 0.5) is 5.69 Å². The van der Waals surface area contributed by atoms with Gasteiger partial charge in [0.25, 0.3) is 5.91 Å². The number of ether oxygens (including phenoxy) is 4. The molecule has 0 heterocycles. The standard InChI is InChI=1S/C26H25NO7/c1-16-7-5-6-8-22(16)34-15-20-11-17(9-10-23(20)31-2)24(28)27-21-13-18(25(29)32-3)12-19(14-21)26(30)33-4/h5-14H,15H2,1-4H3,(H,27,28). The van der Waals surface area contributed by atoms with Crippen molar-refractivity contribution in [3.05, 3.63) is 88.5 Å². The average molecular weight is 463 g/mol. The van der Waals surface area contributed by atoms with Gasteiger partial charge in [-0.3, -0.25) is 4.79 Å². The van der Waals surface area contributed by atoms with Crippen LogP contribution in [0.15, 0.2) is 60.7 Å². The molecule has 0 radical (unpaired) electrons. The molecule has 1 amide bonds. The van der Waals surface area contributed by atoms with Gasteiger partial charge in [0, 0.05) is 16.8 Å².